The maximum absolute atomic E-state index is 13.3. The van der Waals surface area contributed by atoms with Crippen molar-refractivity contribution in [3.63, 3.8) is 0 Å². The highest BCUT2D eigenvalue weighted by Gasteiger charge is 2.54. The van der Waals surface area contributed by atoms with Crippen LogP contribution >= 0.6 is 0 Å². The standard InChI is InChI=1S/C27H42N2O4/c1-18(26(32)29(4)17-20-9-7-6-8-10-20)21-11-14-27(3)15-12-22(19(2)24(27)25(21)31)28-23(30)13-16-33-5/h6-10,18-19,21-22,24-25,31H,11-17H2,1-5H3,(H,28,30). The first-order valence-electron chi connectivity index (χ1n) is 12.4. The molecule has 0 aromatic heterocycles. The molecule has 0 radical (unpaired) electrons. The average molecular weight is 459 g/mol. The van der Waals surface area contributed by atoms with Gasteiger partial charge in [-0.3, -0.25) is 9.59 Å². The summed E-state index contributed by atoms with van der Waals surface area (Å²) in [6.45, 7) is 7.39. The van der Waals surface area contributed by atoms with Crippen LogP contribution in [-0.2, 0) is 20.9 Å². The second kappa shape index (κ2) is 11.0. The van der Waals surface area contributed by atoms with Gasteiger partial charge in [0.2, 0.25) is 11.8 Å². The highest BCUT2D eigenvalue weighted by molar-refractivity contribution is 5.78. The molecule has 2 fully saturated rings. The monoisotopic (exact) mass is 458 g/mol. The normalized spacial score (nSPS) is 32.5. The molecule has 6 heteroatoms. The van der Waals surface area contributed by atoms with Gasteiger partial charge in [0.05, 0.1) is 12.7 Å². The van der Waals surface area contributed by atoms with Crippen molar-refractivity contribution >= 4 is 11.8 Å². The molecular weight excluding hydrogens is 416 g/mol. The van der Waals surface area contributed by atoms with Crippen LogP contribution in [0.3, 0.4) is 0 Å². The van der Waals surface area contributed by atoms with E-state index in [1.54, 1.807) is 12.0 Å². The van der Waals surface area contributed by atoms with E-state index in [1.165, 1.54) is 0 Å². The zero-order valence-electron chi connectivity index (χ0n) is 20.9. The number of amides is 2. The van der Waals surface area contributed by atoms with Gasteiger partial charge in [-0.15, -0.1) is 0 Å². The lowest BCUT2D eigenvalue weighted by molar-refractivity contribution is -0.150. The quantitative estimate of drug-likeness (QED) is 0.624. The van der Waals surface area contributed by atoms with Crippen LogP contribution in [0.2, 0.25) is 0 Å². The SMILES string of the molecule is COCCC(=O)NC1CCC2(C)CCC(C(C)C(=O)N(C)Cc3ccccc3)C(O)C2C1C. The Balaban J connectivity index is 1.68. The molecule has 7 unspecified atom stereocenters. The summed E-state index contributed by atoms with van der Waals surface area (Å²) < 4.78 is 5.03. The Morgan fingerprint density at radius 1 is 1.24 bits per heavy atom. The molecular formula is C27H42N2O4. The minimum atomic E-state index is -0.554. The maximum atomic E-state index is 13.3. The van der Waals surface area contributed by atoms with Crippen molar-refractivity contribution in [3.8, 4) is 0 Å². The van der Waals surface area contributed by atoms with E-state index in [-0.39, 0.29) is 46.9 Å². The number of ether oxygens (including phenoxy) is 1. The van der Waals surface area contributed by atoms with Crippen LogP contribution in [-0.4, -0.2) is 54.7 Å². The molecule has 3 rings (SSSR count). The molecule has 2 aliphatic carbocycles. The fourth-order valence-corrected chi connectivity index (χ4v) is 6.44. The number of hydrogen-bond donors (Lipinski definition) is 2. The lowest BCUT2D eigenvalue weighted by atomic mass is 9.51. The van der Waals surface area contributed by atoms with E-state index in [2.05, 4.69) is 19.2 Å². The Morgan fingerprint density at radius 3 is 2.58 bits per heavy atom. The third-order valence-corrected chi connectivity index (χ3v) is 8.44. The summed E-state index contributed by atoms with van der Waals surface area (Å²) in [5.41, 5.74) is 1.15. The van der Waals surface area contributed by atoms with Crippen molar-refractivity contribution in [2.45, 2.75) is 71.6 Å². The van der Waals surface area contributed by atoms with Crippen molar-refractivity contribution < 1.29 is 19.4 Å². The molecule has 0 saturated heterocycles. The van der Waals surface area contributed by atoms with Gasteiger partial charge in [-0.2, -0.15) is 0 Å². The number of fused-ring (bicyclic) bond motifs is 1. The average Bonchev–Trinajstić information content (AvgIpc) is 2.79. The molecule has 1 aromatic rings. The second-order valence-electron chi connectivity index (χ2n) is 10.7. The fraction of sp³-hybridized carbons (Fsp3) is 0.704. The number of nitrogens with one attached hydrogen (secondary N) is 1. The number of rotatable bonds is 8. The number of aliphatic hydroxyl groups excluding tert-OH is 1. The molecule has 0 aliphatic heterocycles. The first-order valence-corrected chi connectivity index (χ1v) is 12.4. The van der Waals surface area contributed by atoms with Crippen LogP contribution in [0.5, 0.6) is 0 Å². The Bertz CT molecular complexity index is 801. The van der Waals surface area contributed by atoms with Crippen LogP contribution in [0.4, 0.5) is 0 Å². The molecule has 2 N–H and O–H groups in total. The van der Waals surface area contributed by atoms with Crippen molar-refractivity contribution in [3.05, 3.63) is 35.9 Å². The number of hydrogen-bond acceptors (Lipinski definition) is 4. The Kier molecular flexibility index (Phi) is 8.57. The molecule has 0 heterocycles. The van der Waals surface area contributed by atoms with Gasteiger partial charge in [-0.25, -0.2) is 0 Å². The maximum Gasteiger partial charge on any atom is 0.225 e. The molecule has 1 aromatic carbocycles. The number of carbonyl (C=O) groups excluding carboxylic acids is 2. The van der Waals surface area contributed by atoms with Crippen molar-refractivity contribution in [2.24, 2.45) is 29.1 Å². The van der Waals surface area contributed by atoms with Gasteiger partial charge in [0.1, 0.15) is 0 Å². The van der Waals surface area contributed by atoms with Crippen molar-refractivity contribution in [1.29, 1.82) is 0 Å². The summed E-state index contributed by atoms with van der Waals surface area (Å²) >= 11 is 0. The summed E-state index contributed by atoms with van der Waals surface area (Å²) in [4.78, 5) is 27.4. The van der Waals surface area contributed by atoms with E-state index in [0.29, 0.717) is 19.6 Å². The zero-order valence-corrected chi connectivity index (χ0v) is 20.9. The lowest BCUT2D eigenvalue weighted by Crippen LogP contribution is -2.58. The molecule has 2 aliphatic rings. The predicted molar refractivity (Wildman–Crippen MR) is 129 cm³/mol. The van der Waals surface area contributed by atoms with Crippen molar-refractivity contribution in [1.82, 2.24) is 10.2 Å². The molecule has 2 saturated carbocycles. The zero-order chi connectivity index (χ0) is 24.2. The second-order valence-corrected chi connectivity index (χ2v) is 10.7. The van der Waals surface area contributed by atoms with E-state index in [0.717, 1.165) is 31.2 Å². The van der Waals surface area contributed by atoms with E-state index in [9.17, 15) is 14.7 Å². The third-order valence-electron chi connectivity index (χ3n) is 8.44. The van der Waals surface area contributed by atoms with Gasteiger partial charge in [-0.1, -0.05) is 51.1 Å². The molecule has 184 valence electrons. The van der Waals surface area contributed by atoms with Crippen LogP contribution in [0.15, 0.2) is 30.3 Å². The van der Waals surface area contributed by atoms with E-state index >= 15 is 0 Å². The van der Waals surface area contributed by atoms with Gasteiger partial charge >= 0.3 is 0 Å². The molecule has 6 nitrogen and oxygen atoms in total. The molecule has 0 bridgehead atoms. The smallest absolute Gasteiger partial charge is 0.225 e. The Morgan fingerprint density at radius 2 is 1.91 bits per heavy atom. The highest BCUT2D eigenvalue weighted by Crippen LogP contribution is 2.55. The molecule has 7 atom stereocenters. The fourth-order valence-electron chi connectivity index (χ4n) is 6.44. The molecule has 0 spiro atoms. The lowest BCUT2D eigenvalue weighted by Gasteiger charge is -2.56. The van der Waals surface area contributed by atoms with Crippen LogP contribution < -0.4 is 5.32 Å². The first-order chi connectivity index (χ1) is 15.7. The minimum absolute atomic E-state index is 0.00485. The van der Waals surface area contributed by atoms with E-state index in [4.69, 9.17) is 4.74 Å². The van der Waals surface area contributed by atoms with Crippen LogP contribution in [0, 0.1) is 29.1 Å². The highest BCUT2D eigenvalue weighted by atomic mass is 16.5. The number of benzene rings is 1. The minimum Gasteiger partial charge on any atom is -0.392 e. The number of carbonyl (C=O) groups is 2. The predicted octanol–water partition coefficient (Wildman–Crippen LogP) is 3.63. The first kappa shape index (κ1) is 25.7. The Labute approximate surface area is 199 Å². The van der Waals surface area contributed by atoms with Gasteiger partial charge in [-0.05, 0) is 54.4 Å². The topological polar surface area (TPSA) is 78.9 Å². The number of aliphatic hydroxyl groups is 1. The van der Waals surface area contributed by atoms with Crippen LogP contribution in [0.25, 0.3) is 0 Å². The summed E-state index contributed by atoms with van der Waals surface area (Å²) in [5.74, 6) is -0.0178. The summed E-state index contributed by atoms with van der Waals surface area (Å²) in [6, 6.07) is 10.0. The summed E-state index contributed by atoms with van der Waals surface area (Å²) in [7, 11) is 3.44. The summed E-state index contributed by atoms with van der Waals surface area (Å²) in [5, 5.41) is 14.8. The number of methoxy groups -OCH3 is 1. The van der Waals surface area contributed by atoms with Gasteiger partial charge in [0.15, 0.2) is 0 Å². The summed E-state index contributed by atoms with van der Waals surface area (Å²) in [6.07, 6.45) is 3.58. The van der Waals surface area contributed by atoms with Crippen molar-refractivity contribution in [2.75, 3.05) is 20.8 Å². The molecule has 2 amide bonds. The van der Waals surface area contributed by atoms with Gasteiger partial charge < -0.3 is 20.1 Å². The number of nitrogens with zero attached hydrogens (tertiary/aromatic N) is 1. The third kappa shape index (κ3) is 5.78. The van der Waals surface area contributed by atoms with E-state index < -0.39 is 6.10 Å². The van der Waals surface area contributed by atoms with Gasteiger partial charge in [0.25, 0.3) is 0 Å². The largest absolute Gasteiger partial charge is 0.392 e. The van der Waals surface area contributed by atoms with Crippen LogP contribution in [0.1, 0.15) is 58.4 Å². The molecule has 33 heavy (non-hydrogen) atoms. The Hall–Kier alpha value is -1.92. The van der Waals surface area contributed by atoms with E-state index in [1.807, 2.05) is 44.3 Å². The van der Waals surface area contributed by atoms with Gasteiger partial charge in [0, 0.05) is 39.1 Å².